The zero-order valence-corrected chi connectivity index (χ0v) is 16.2. The van der Waals surface area contributed by atoms with E-state index in [9.17, 15) is 13.6 Å². The number of hydrogen-bond acceptors (Lipinski definition) is 4. The number of aryl methyl sites for hydroxylation is 1. The number of amides is 1. The van der Waals surface area contributed by atoms with Crippen LogP contribution in [0.3, 0.4) is 0 Å². The van der Waals surface area contributed by atoms with Crippen LogP contribution in [0.15, 0.2) is 36.7 Å². The summed E-state index contributed by atoms with van der Waals surface area (Å²) in [5, 5.41) is 3.32. The maximum absolute atomic E-state index is 13.2. The Balaban J connectivity index is 0.00000225. The Morgan fingerprint density at radius 3 is 2.86 bits per heavy atom. The van der Waals surface area contributed by atoms with E-state index in [-0.39, 0.29) is 41.9 Å². The Morgan fingerprint density at radius 2 is 2.14 bits per heavy atom. The van der Waals surface area contributed by atoms with Crippen molar-refractivity contribution in [3.05, 3.63) is 48.0 Å². The molecule has 2 heterocycles. The van der Waals surface area contributed by atoms with E-state index in [1.165, 1.54) is 6.07 Å². The second-order valence-electron chi connectivity index (χ2n) is 7.01. The van der Waals surface area contributed by atoms with Gasteiger partial charge in [0.2, 0.25) is 5.91 Å². The molecule has 1 amide bonds. The van der Waals surface area contributed by atoms with E-state index in [2.05, 4.69) is 15.0 Å². The SMILES string of the molecule is Cl.Cn1ccnc1C1CNCCN1C(=O)C1CC1c1ccccc1OC(F)F. The van der Waals surface area contributed by atoms with Crippen LogP contribution in [0.2, 0.25) is 0 Å². The number of nitrogens with one attached hydrogen (secondary N) is 1. The molecule has 4 rings (SSSR count). The first kappa shape index (κ1) is 20.5. The molecule has 1 aromatic carbocycles. The Hall–Kier alpha value is -2.19. The highest BCUT2D eigenvalue weighted by molar-refractivity contribution is 5.85. The molecule has 0 bridgehead atoms. The Kier molecular flexibility index (Phi) is 6.20. The summed E-state index contributed by atoms with van der Waals surface area (Å²) < 4.78 is 31.9. The fraction of sp³-hybridized carbons (Fsp3) is 0.474. The highest BCUT2D eigenvalue weighted by atomic mass is 35.5. The number of nitrogens with zero attached hydrogens (tertiary/aromatic N) is 3. The maximum atomic E-state index is 13.2. The number of aromatic nitrogens is 2. The molecule has 2 fully saturated rings. The van der Waals surface area contributed by atoms with Crippen molar-refractivity contribution >= 4 is 18.3 Å². The van der Waals surface area contributed by atoms with E-state index in [4.69, 9.17) is 0 Å². The number of carbonyl (C=O) groups is 1. The Bertz CT molecular complexity index is 832. The first-order valence-corrected chi connectivity index (χ1v) is 9.08. The van der Waals surface area contributed by atoms with Crippen LogP contribution in [0.1, 0.15) is 29.8 Å². The predicted octanol–water partition coefficient (Wildman–Crippen LogP) is 2.72. The van der Waals surface area contributed by atoms with Crippen molar-refractivity contribution in [2.24, 2.45) is 13.0 Å². The van der Waals surface area contributed by atoms with Crippen LogP contribution in [0.4, 0.5) is 8.78 Å². The van der Waals surface area contributed by atoms with Gasteiger partial charge in [0.15, 0.2) is 0 Å². The van der Waals surface area contributed by atoms with Gasteiger partial charge in [-0.1, -0.05) is 18.2 Å². The maximum Gasteiger partial charge on any atom is 0.387 e. The molecule has 152 valence electrons. The van der Waals surface area contributed by atoms with E-state index < -0.39 is 6.61 Å². The van der Waals surface area contributed by atoms with Crippen molar-refractivity contribution < 1.29 is 18.3 Å². The van der Waals surface area contributed by atoms with Gasteiger partial charge in [0.25, 0.3) is 0 Å². The highest BCUT2D eigenvalue weighted by Gasteiger charge is 2.48. The van der Waals surface area contributed by atoms with Crippen molar-refractivity contribution in [3.8, 4) is 5.75 Å². The van der Waals surface area contributed by atoms with Gasteiger partial charge in [0.05, 0.1) is 0 Å². The summed E-state index contributed by atoms with van der Waals surface area (Å²) in [5.74, 6) is 0.780. The van der Waals surface area contributed by atoms with Gasteiger partial charge in [-0.15, -0.1) is 12.4 Å². The normalized spacial score (nSPS) is 24.0. The fourth-order valence-corrected chi connectivity index (χ4v) is 3.91. The molecule has 3 unspecified atom stereocenters. The molecule has 1 aromatic heterocycles. The van der Waals surface area contributed by atoms with Crippen molar-refractivity contribution in [1.82, 2.24) is 19.8 Å². The molecule has 6 nitrogen and oxygen atoms in total. The molecule has 1 N–H and O–H groups in total. The molecule has 1 saturated heterocycles. The first-order valence-electron chi connectivity index (χ1n) is 9.08. The van der Waals surface area contributed by atoms with E-state index in [1.54, 1.807) is 24.4 Å². The largest absolute Gasteiger partial charge is 0.435 e. The average molecular weight is 413 g/mol. The topological polar surface area (TPSA) is 59.4 Å². The third-order valence-electron chi connectivity index (χ3n) is 5.33. The number of halogens is 3. The molecular formula is C19H23ClF2N4O2. The van der Waals surface area contributed by atoms with Crippen molar-refractivity contribution in [1.29, 1.82) is 0 Å². The van der Waals surface area contributed by atoms with Gasteiger partial charge in [-0.3, -0.25) is 4.79 Å². The summed E-state index contributed by atoms with van der Waals surface area (Å²) in [7, 11) is 1.91. The van der Waals surface area contributed by atoms with Crippen molar-refractivity contribution in [3.63, 3.8) is 0 Å². The van der Waals surface area contributed by atoms with Gasteiger partial charge in [0.1, 0.15) is 17.6 Å². The van der Waals surface area contributed by atoms with Crippen molar-refractivity contribution in [2.75, 3.05) is 19.6 Å². The molecule has 28 heavy (non-hydrogen) atoms. The van der Waals surface area contributed by atoms with Crippen LogP contribution in [0.5, 0.6) is 5.75 Å². The molecule has 0 spiro atoms. The number of rotatable bonds is 5. The lowest BCUT2D eigenvalue weighted by molar-refractivity contribution is -0.136. The zero-order chi connectivity index (χ0) is 19.0. The van der Waals surface area contributed by atoms with Gasteiger partial charge in [-0.2, -0.15) is 8.78 Å². The monoisotopic (exact) mass is 412 g/mol. The highest BCUT2D eigenvalue weighted by Crippen LogP contribution is 2.52. The molecular weight excluding hydrogens is 390 g/mol. The summed E-state index contributed by atoms with van der Waals surface area (Å²) in [4.78, 5) is 19.4. The minimum Gasteiger partial charge on any atom is -0.435 e. The fourth-order valence-electron chi connectivity index (χ4n) is 3.91. The van der Waals surface area contributed by atoms with E-state index >= 15 is 0 Å². The lowest BCUT2D eigenvalue weighted by Gasteiger charge is -2.36. The standard InChI is InChI=1S/C19H22F2N4O2.ClH/c1-24-8-7-23-17(24)15-11-22-6-9-25(15)18(26)14-10-13(14)12-4-2-3-5-16(12)27-19(20)21;/h2-5,7-8,13-15,19,22H,6,9-11H2,1H3;1H. The quantitative estimate of drug-likeness (QED) is 0.820. The van der Waals surface area contributed by atoms with Crippen molar-refractivity contribution in [2.45, 2.75) is 25.0 Å². The predicted molar refractivity (Wildman–Crippen MR) is 102 cm³/mol. The Labute approximate surface area is 168 Å². The number of para-hydroxylation sites is 1. The van der Waals surface area contributed by atoms with E-state index in [0.717, 1.165) is 12.4 Å². The summed E-state index contributed by atoms with van der Waals surface area (Å²) >= 11 is 0. The van der Waals surface area contributed by atoms with Gasteiger partial charge in [-0.05, 0) is 24.0 Å². The number of imidazole rings is 1. The third-order valence-corrected chi connectivity index (χ3v) is 5.33. The smallest absolute Gasteiger partial charge is 0.387 e. The van der Waals surface area contributed by atoms with Crippen LogP contribution >= 0.6 is 12.4 Å². The van der Waals surface area contributed by atoms with Gasteiger partial charge < -0.3 is 19.5 Å². The van der Waals surface area contributed by atoms with Gasteiger partial charge in [0, 0.05) is 45.0 Å². The molecule has 1 aliphatic heterocycles. The van der Waals surface area contributed by atoms with E-state index in [0.29, 0.717) is 25.1 Å². The molecule has 2 aliphatic rings. The van der Waals surface area contributed by atoms with Crippen LogP contribution in [-0.2, 0) is 11.8 Å². The second-order valence-corrected chi connectivity index (χ2v) is 7.01. The number of alkyl halides is 2. The van der Waals surface area contributed by atoms with Crippen LogP contribution in [0, 0.1) is 5.92 Å². The van der Waals surface area contributed by atoms with Gasteiger partial charge in [-0.25, -0.2) is 4.98 Å². The molecule has 1 saturated carbocycles. The zero-order valence-electron chi connectivity index (χ0n) is 15.4. The minimum absolute atomic E-state index is 0. The second kappa shape index (κ2) is 8.45. The summed E-state index contributed by atoms with van der Waals surface area (Å²) in [5.41, 5.74) is 0.680. The van der Waals surface area contributed by atoms with Crippen LogP contribution < -0.4 is 10.1 Å². The lowest BCUT2D eigenvalue weighted by atomic mass is 10.1. The molecule has 3 atom stereocenters. The first-order chi connectivity index (χ1) is 13.1. The number of hydrogen-bond donors (Lipinski definition) is 1. The van der Waals surface area contributed by atoms with Gasteiger partial charge >= 0.3 is 6.61 Å². The lowest BCUT2D eigenvalue weighted by Crippen LogP contribution is -2.50. The molecule has 2 aromatic rings. The number of carbonyl (C=O) groups excluding carboxylic acids is 1. The van der Waals surface area contributed by atoms with Crippen LogP contribution in [-0.4, -0.2) is 46.6 Å². The Morgan fingerprint density at radius 1 is 1.36 bits per heavy atom. The summed E-state index contributed by atoms with van der Waals surface area (Å²) in [6.45, 7) is -0.886. The number of piperazine rings is 1. The molecule has 0 radical (unpaired) electrons. The number of benzene rings is 1. The summed E-state index contributed by atoms with van der Waals surface area (Å²) in [6, 6.07) is 6.62. The number of ether oxygens (including phenoxy) is 1. The third kappa shape index (κ3) is 3.98. The molecule has 1 aliphatic carbocycles. The average Bonchev–Trinajstić information content (AvgIpc) is 3.34. The minimum atomic E-state index is -2.87. The van der Waals surface area contributed by atoms with E-state index in [1.807, 2.05) is 22.7 Å². The summed E-state index contributed by atoms with van der Waals surface area (Å²) in [6.07, 6.45) is 4.24. The molecule has 9 heteroatoms. The van der Waals surface area contributed by atoms with Crippen LogP contribution in [0.25, 0.3) is 0 Å².